The molecule has 29 heavy (non-hydrogen) atoms. The number of fused-ring (bicyclic) bond motifs is 5. The average Bonchev–Trinajstić information content (AvgIpc) is 2.97. The molecule has 4 saturated carbocycles. The van der Waals surface area contributed by atoms with E-state index in [4.69, 9.17) is 4.42 Å². The van der Waals surface area contributed by atoms with Crippen molar-refractivity contribution in [1.82, 2.24) is 0 Å². The van der Waals surface area contributed by atoms with Crippen LogP contribution in [-0.2, 0) is 0 Å². The molecular formula is C24H34O5. The summed E-state index contributed by atoms with van der Waals surface area (Å²) in [4.78, 5) is 11.4. The number of aliphatic hydroxyl groups is 3. The van der Waals surface area contributed by atoms with E-state index >= 15 is 0 Å². The summed E-state index contributed by atoms with van der Waals surface area (Å²) in [5, 5.41) is 33.9. The molecule has 0 aliphatic heterocycles. The molecule has 4 fully saturated rings. The van der Waals surface area contributed by atoms with Gasteiger partial charge < -0.3 is 19.7 Å². The van der Waals surface area contributed by atoms with Crippen molar-refractivity contribution >= 4 is 0 Å². The fraction of sp³-hybridized carbons (Fsp3) is 0.792. The molecule has 0 aromatic carbocycles. The molecule has 0 saturated heterocycles. The van der Waals surface area contributed by atoms with Crippen LogP contribution in [0.1, 0.15) is 76.7 Å². The SMILES string of the molecule is CC12CCC(O)CC1CCC1C2CC(O)C2(C)C(c3ccc(=O)oc3)CCC12O. The van der Waals surface area contributed by atoms with Crippen LogP contribution < -0.4 is 5.63 Å². The first kappa shape index (κ1) is 19.8. The summed E-state index contributed by atoms with van der Waals surface area (Å²) < 4.78 is 5.12. The summed E-state index contributed by atoms with van der Waals surface area (Å²) in [6.07, 6.45) is 7.57. The summed E-state index contributed by atoms with van der Waals surface area (Å²) in [5.41, 5.74) is -0.952. The van der Waals surface area contributed by atoms with E-state index in [2.05, 4.69) is 13.8 Å². The van der Waals surface area contributed by atoms with Crippen LogP contribution in [0.4, 0.5) is 0 Å². The average molecular weight is 403 g/mol. The molecule has 160 valence electrons. The van der Waals surface area contributed by atoms with E-state index in [0.717, 1.165) is 44.1 Å². The zero-order valence-corrected chi connectivity index (χ0v) is 17.5. The Bertz CT molecular complexity index is 829. The molecule has 0 spiro atoms. The molecule has 1 aromatic heterocycles. The van der Waals surface area contributed by atoms with E-state index < -0.39 is 17.1 Å². The third-order valence-electron chi connectivity index (χ3n) is 10.0. The molecule has 5 heteroatoms. The third kappa shape index (κ3) is 2.53. The summed E-state index contributed by atoms with van der Waals surface area (Å²) >= 11 is 0. The first-order chi connectivity index (χ1) is 13.7. The quantitative estimate of drug-likeness (QED) is 0.671. The van der Waals surface area contributed by atoms with Gasteiger partial charge in [0.25, 0.3) is 0 Å². The van der Waals surface area contributed by atoms with Gasteiger partial charge in [0.1, 0.15) is 0 Å². The summed E-state index contributed by atoms with van der Waals surface area (Å²) in [7, 11) is 0. The minimum atomic E-state index is -0.916. The van der Waals surface area contributed by atoms with Gasteiger partial charge in [0.2, 0.25) is 0 Å². The highest BCUT2D eigenvalue weighted by Gasteiger charge is 2.70. The smallest absolute Gasteiger partial charge is 0.335 e. The Morgan fingerprint density at radius 2 is 1.79 bits per heavy atom. The predicted molar refractivity (Wildman–Crippen MR) is 108 cm³/mol. The molecule has 4 aliphatic carbocycles. The third-order valence-corrected chi connectivity index (χ3v) is 10.0. The number of hydrogen-bond donors (Lipinski definition) is 3. The van der Waals surface area contributed by atoms with Crippen molar-refractivity contribution in [2.45, 2.75) is 88.9 Å². The minimum absolute atomic E-state index is 0.0218. The summed E-state index contributed by atoms with van der Waals surface area (Å²) in [6, 6.07) is 3.24. The molecule has 0 bridgehead atoms. The van der Waals surface area contributed by atoms with Crippen LogP contribution in [0.3, 0.4) is 0 Å². The number of aliphatic hydroxyl groups excluding tert-OH is 2. The monoisotopic (exact) mass is 402 g/mol. The van der Waals surface area contributed by atoms with Crippen LogP contribution in [0.15, 0.2) is 27.6 Å². The number of hydrogen-bond acceptors (Lipinski definition) is 5. The van der Waals surface area contributed by atoms with Crippen molar-refractivity contribution in [2.75, 3.05) is 0 Å². The molecular weight excluding hydrogens is 368 g/mol. The van der Waals surface area contributed by atoms with Crippen molar-refractivity contribution in [3.8, 4) is 0 Å². The molecule has 0 radical (unpaired) electrons. The van der Waals surface area contributed by atoms with Crippen LogP contribution in [0.5, 0.6) is 0 Å². The molecule has 1 heterocycles. The molecule has 4 aliphatic rings. The summed E-state index contributed by atoms with van der Waals surface area (Å²) in [5.74, 6) is 0.919. The molecule has 5 nitrogen and oxygen atoms in total. The zero-order chi connectivity index (χ0) is 20.6. The fourth-order valence-electron chi connectivity index (χ4n) is 8.29. The second kappa shape index (κ2) is 6.41. The van der Waals surface area contributed by atoms with E-state index in [9.17, 15) is 20.1 Å². The van der Waals surface area contributed by atoms with Gasteiger partial charge in [-0.3, -0.25) is 0 Å². The second-order valence-electron chi connectivity index (χ2n) is 10.9. The van der Waals surface area contributed by atoms with E-state index in [1.54, 1.807) is 6.07 Å². The Hall–Kier alpha value is -1.17. The minimum Gasteiger partial charge on any atom is -0.431 e. The Morgan fingerprint density at radius 1 is 1.00 bits per heavy atom. The molecule has 9 unspecified atom stereocenters. The Balaban J connectivity index is 1.53. The lowest BCUT2D eigenvalue weighted by atomic mass is 9.42. The first-order valence-electron chi connectivity index (χ1n) is 11.4. The Labute approximate surface area is 172 Å². The van der Waals surface area contributed by atoms with Crippen molar-refractivity contribution in [1.29, 1.82) is 0 Å². The van der Waals surface area contributed by atoms with E-state index in [-0.39, 0.29) is 34.9 Å². The van der Waals surface area contributed by atoms with Gasteiger partial charge in [-0.15, -0.1) is 0 Å². The van der Waals surface area contributed by atoms with Gasteiger partial charge in [-0.05, 0) is 92.1 Å². The Kier molecular flexibility index (Phi) is 4.37. The Morgan fingerprint density at radius 3 is 2.52 bits per heavy atom. The first-order valence-corrected chi connectivity index (χ1v) is 11.4. The van der Waals surface area contributed by atoms with Gasteiger partial charge in [0.15, 0.2) is 0 Å². The molecule has 0 amide bonds. The van der Waals surface area contributed by atoms with E-state index in [1.807, 2.05) is 0 Å². The van der Waals surface area contributed by atoms with E-state index in [1.165, 1.54) is 12.3 Å². The second-order valence-corrected chi connectivity index (χ2v) is 10.9. The highest BCUT2D eigenvalue weighted by atomic mass is 16.4. The number of rotatable bonds is 1. The van der Waals surface area contributed by atoms with Crippen LogP contribution in [0, 0.1) is 28.6 Å². The van der Waals surface area contributed by atoms with Crippen LogP contribution in [0.25, 0.3) is 0 Å². The van der Waals surface area contributed by atoms with Gasteiger partial charge in [0.05, 0.1) is 24.1 Å². The van der Waals surface area contributed by atoms with Gasteiger partial charge in [0, 0.05) is 11.5 Å². The molecule has 5 rings (SSSR count). The van der Waals surface area contributed by atoms with Crippen LogP contribution >= 0.6 is 0 Å². The fourth-order valence-corrected chi connectivity index (χ4v) is 8.29. The highest BCUT2D eigenvalue weighted by Crippen LogP contribution is 2.70. The van der Waals surface area contributed by atoms with Gasteiger partial charge in [-0.25, -0.2) is 4.79 Å². The lowest BCUT2D eigenvalue weighted by Crippen LogP contribution is -2.66. The van der Waals surface area contributed by atoms with Crippen molar-refractivity contribution in [2.24, 2.45) is 28.6 Å². The zero-order valence-electron chi connectivity index (χ0n) is 17.5. The summed E-state index contributed by atoms with van der Waals surface area (Å²) in [6.45, 7) is 4.40. The largest absolute Gasteiger partial charge is 0.431 e. The lowest BCUT2D eigenvalue weighted by molar-refractivity contribution is -0.241. The molecule has 3 N–H and O–H groups in total. The van der Waals surface area contributed by atoms with Gasteiger partial charge in [-0.1, -0.05) is 13.8 Å². The molecule has 9 atom stereocenters. The standard InChI is InChI=1S/C24H34O5/c1-22-9-7-16(25)11-15(22)4-5-18-19(22)12-20(26)23(2)17(8-10-24(18,23)28)14-3-6-21(27)29-13-14/h3,6,13,15-20,25-26,28H,4-5,7-12H2,1-2H3. The maximum absolute atomic E-state index is 12.2. The van der Waals surface area contributed by atoms with Crippen LogP contribution in [-0.4, -0.2) is 33.1 Å². The normalized spacial score (nSPS) is 51.8. The lowest BCUT2D eigenvalue weighted by Gasteiger charge is -2.64. The maximum atomic E-state index is 12.2. The predicted octanol–water partition coefficient (Wildman–Crippen LogP) is 3.21. The topological polar surface area (TPSA) is 90.9 Å². The van der Waals surface area contributed by atoms with Crippen molar-refractivity contribution in [3.63, 3.8) is 0 Å². The van der Waals surface area contributed by atoms with Crippen molar-refractivity contribution in [3.05, 3.63) is 34.4 Å². The maximum Gasteiger partial charge on any atom is 0.335 e. The van der Waals surface area contributed by atoms with Crippen LogP contribution in [0.2, 0.25) is 0 Å². The van der Waals surface area contributed by atoms with Gasteiger partial charge in [-0.2, -0.15) is 0 Å². The van der Waals surface area contributed by atoms with Gasteiger partial charge >= 0.3 is 5.63 Å². The van der Waals surface area contributed by atoms with E-state index in [0.29, 0.717) is 18.8 Å². The van der Waals surface area contributed by atoms with Crippen molar-refractivity contribution < 1.29 is 19.7 Å². The molecule has 1 aromatic rings. The highest BCUT2D eigenvalue weighted by molar-refractivity contribution is 5.28.